The summed E-state index contributed by atoms with van der Waals surface area (Å²) in [5.74, 6) is 0. The molecule has 0 rings (SSSR count). The third-order valence-corrected chi connectivity index (χ3v) is 2.58. The second-order valence-electron chi connectivity index (χ2n) is 1.80. The molecule has 63 valence electrons. The molecule has 0 saturated heterocycles. The van der Waals surface area contributed by atoms with Crippen molar-refractivity contribution in [2.75, 3.05) is 0 Å². The summed E-state index contributed by atoms with van der Waals surface area (Å²) in [6.07, 6.45) is -11.7. The summed E-state index contributed by atoms with van der Waals surface area (Å²) in [6.45, 7) is 0. The standard InChI is InChI=1S/C3F7.Zn/c4-1(2(5,6)7)3(8,9)10;. The minimum absolute atomic E-state index is 1.54. The van der Waals surface area contributed by atoms with Gasteiger partial charge in [-0.3, -0.25) is 0 Å². The first-order valence-corrected chi connectivity index (χ1v) is 3.66. The third kappa shape index (κ3) is 2.04. The summed E-state index contributed by atoms with van der Waals surface area (Å²) in [7, 11) is 0. The van der Waals surface area contributed by atoms with Gasteiger partial charge in [-0.1, -0.05) is 0 Å². The second kappa shape index (κ2) is 2.57. The Bertz CT molecular complexity index is 125. The van der Waals surface area contributed by atoms with Gasteiger partial charge in [0.2, 0.25) is 0 Å². The second-order valence-corrected chi connectivity index (χ2v) is 3.84. The van der Waals surface area contributed by atoms with Crippen molar-refractivity contribution in [3.8, 4) is 0 Å². The van der Waals surface area contributed by atoms with Crippen LogP contribution in [0.1, 0.15) is 0 Å². The predicted octanol–water partition coefficient (Wildman–Crippen LogP) is 2.32. The quantitative estimate of drug-likeness (QED) is 0.446. The Kier molecular flexibility index (Phi) is 2.60. The number of hydrogen-bond acceptors (Lipinski definition) is 0. The molecule has 0 nitrogen and oxygen atoms in total. The minimum atomic E-state index is -5.86. The molecule has 0 unspecified atom stereocenters. The van der Waals surface area contributed by atoms with E-state index in [9.17, 15) is 30.7 Å². The fourth-order valence-corrected chi connectivity index (χ4v) is 0.161. The molecule has 0 aromatic heterocycles. The molecule has 0 atom stereocenters. The van der Waals surface area contributed by atoms with E-state index in [1.807, 2.05) is 0 Å². The van der Waals surface area contributed by atoms with E-state index in [1.54, 1.807) is 0 Å². The van der Waals surface area contributed by atoms with E-state index in [0.29, 0.717) is 0 Å². The summed E-state index contributed by atoms with van der Waals surface area (Å²) in [6, 6.07) is 0. The Morgan fingerprint density at radius 3 is 0.818 bits per heavy atom. The van der Waals surface area contributed by atoms with Crippen LogP contribution in [0.2, 0.25) is 0 Å². The Hall–Kier alpha value is 0.133. The molecule has 0 aromatic rings. The van der Waals surface area contributed by atoms with Crippen molar-refractivity contribution in [1.29, 1.82) is 0 Å². The number of hydrogen-bond donors (Lipinski definition) is 0. The molecule has 0 aliphatic rings. The van der Waals surface area contributed by atoms with Gasteiger partial charge in [-0.15, -0.1) is 0 Å². The van der Waals surface area contributed by atoms with Crippen molar-refractivity contribution in [3.63, 3.8) is 0 Å². The van der Waals surface area contributed by atoms with Crippen LogP contribution < -0.4 is 0 Å². The zero-order chi connectivity index (χ0) is 9.50. The maximum absolute atomic E-state index is 11.9. The number of alkyl halides is 7. The molecule has 0 spiro atoms. The molecule has 0 aliphatic carbocycles. The molecule has 0 aromatic carbocycles. The van der Waals surface area contributed by atoms with Crippen LogP contribution in [0.15, 0.2) is 0 Å². The Morgan fingerprint density at radius 2 is 0.818 bits per heavy atom. The molecule has 0 fully saturated rings. The maximum atomic E-state index is 11.9. The van der Waals surface area contributed by atoms with E-state index < -0.39 is 34.9 Å². The van der Waals surface area contributed by atoms with E-state index in [4.69, 9.17) is 0 Å². The van der Waals surface area contributed by atoms with Gasteiger partial charge < -0.3 is 0 Å². The SMILES string of the molecule is FC(F)(F)[C](F)([Zn])C(F)(F)F. The summed E-state index contributed by atoms with van der Waals surface area (Å²) >= 11 is -1.54. The van der Waals surface area contributed by atoms with Gasteiger partial charge in [0.05, 0.1) is 0 Å². The zero-order valence-corrected chi connectivity index (χ0v) is 7.82. The molecular formula is C3F7Zn. The van der Waals surface area contributed by atoms with Gasteiger partial charge in [-0.25, -0.2) is 0 Å². The molecule has 0 bridgehead atoms. The summed E-state index contributed by atoms with van der Waals surface area (Å²) in [5.41, 5.74) is 0. The average molecular weight is 234 g/mol. The summed E-state index contributed by atoms with van der Waals surface area (Å²) in [4.78, 5) is 0. The topological polar surface area (TPSA) is 0 Å². The van der Waals surface area contributed by atoms with Gasteiger partial charge in [-0.2, -0.15) is 0 Å². The first-order valence-electron chi connectivity index (χ1n) is 2.18. The fraction of sp³-hybridized carbons (Fsp3) is 1.00. The van der Waals surface area contributed by atoms with Gasteiger partial charge >= 0.3 is 65.7 Å². The van der Waals surface area contributed by atoms with Crippen LogP contribution in [-0.4, -0.2) is 16.6 Å². The van der Waals surface area contributed by atoms with Crippen molar-refractivity contribution in [3.05, 3.63) is 0 Å². The van der Waals surface area contributed by atoms with E-state index in [-0.39, 0.29) is 0 Å². The normalized spacial score (nSPS) is 15.4. The van der Waals surface area contributed by atoms with E-state index in [0.717, 1.165) is 0 Å². The van der Waals surface area contributed by atoms with Crippen LogP contribution in [-0.2, 0) is 18.3 Å². The van der Waals surface area contributed by atoms with Crippen molar-refractivity contribution in [1.82, 2.24) is 0 Å². The number of rotatable bonds is 0. The van der Waals surface area contributed by atoms with Gasteiger partial charge in [0, 0.05) is 0 Å². The van der Waals surface area contributed by atoms with Crippen molar-refractivity contribution in [2.45, 2.75) is 16.6 Å². The molecule has 0 N–H and O–H groups in total. The van der Waals surface area contributed by atoms with E-state index >= 15 is 0 Å². The Labute approximate surface area is 66.4 Å². The zero-order valence-electron chi connectivity index (χ0n) is 4.85. The van der Waals surface area contributed by atoms with Crippen molar-refractivity contribution >= 4 is 0 Å². The number of halogens is 7. The fourth-order valence-electron chi connectivity index (χ4n) is 0.161. The molecule has 0 aliphatic heterocycles. The van der Waals surface area contributed by atoms with Crippen LogP contribution in [0, 0.1) is 0 Å². The molecule has 0 saturated carbocycles. The Morgan fingerprint density at radius 1 is 0.636 bits per heavy atom. The van der Waals surface area contributed by atoms with Gasteiger partial charge in [-0.05, 0) is 0 Å². The van der Waals surface area contributed by atoms with Gasteiger partial charge in [0.25, 0.3) is 0 Å². The van der Waals surface area contributed by atoms with Crippen LogP contribution >= 0.6 is 0 Å². The van der Waals surface area contributed by atoms with E-state index in [2.05, 4.69) is 0 Å². The molecular weight excluding hydrogens is 234 g/mol. The average Bonchev–Trinajstić information content (AvgIpc) is 1.58. The first kappa shape index (κ1) is 11.1. The van der Waals surface area contributed by atoms with Crippen molar-refractivity contribution < 1.29 is 49.0 Å². The molecule has 8 heteroatoms. The van der Waals surface area contributed by atoms with Crippen LogP contribution in [0.5, 0.6) is 0 Å². The summed E-state index contributed by atoms with van der Waals surface area (Å²) < 4.78 is 74.5. The third-order valence-electron chi connectivity index (χ3n) is 0.899. The van der Waals surface area contributed by atoms with Crippen LogP contribution in [0.3, 0.4) is 0 Å². The van der Waals surface area contributed by atoms with Gasteiger partial charge in [0.15, 0.2) is 0 Å². The predicted molar refractivity (Wildman–Crippen MR) is 15.9 cm³/mol. The van der Waals surface area contributed by atoms with Crippen LogP contribution in [0.4, 0.5) is 30.7 Å². The molecule has 0 amide bonds. The first-order chi connectivity index (χ1) is 4.50. The van der Waals surface area contributed by atoms with E-state index in [1.165, 1.54) is 0 Å². The van der Waals surface area contributed by atoms with Crippen LogP contribution in [0.25, 0.3) is 0 Å². The molecule has 11 heavy (non-hydrogen) atoms. The van der Waals surface area contributed by atoms with Crippen molar-refractivity contribution in [2.24, 2.45) is 0 Å². The molecule has 0 heterocycles. The molecule has 0 radical (unpaired) electrons. The summed E-state index contributed by atoms with van der Waals surface area (Å²) in [5, 5.41) is 0. The van der Waals surface area contributed by atoms with Gasteiger partial charge in [0.1, 0.15) is 0 Å². The Balaban J connectivity index is 4.75. The monoisotopic (exact) mass is 233 g/mol.